The number of halogens is 1. The number of nitro benzene ring substituents is 1. The van der Waals surface area contributed by atoms with Crippen LogP contribution in [0.1, 0.15) is 32.6 Å². The summed E-state index contributed by atoms with van der Waals surface area (Å²) in [5, 5.41) is 17.9. The van der Waals surface area contributed by atoms with Crippen LogP contribution in [0.3, 0.4) is 0 Å². The van der Waals surface area contributed by atoms with Crippen molar-refractivity contribution in [3.05, 3.63) is 33.3 Å². The minimum atomic E-state index is -0.457. The summed E-state index contributed by atoms with van der Waals surface area (Å²) in [7, 11) is 0. The summed E-state index contributed by atoms with van der Waals surface area (Å²) in [6.07, 6.45) is 4.74. The molecule has 1 aromatic carbocycles. The average molecular weight is 328 g/mol. The van der Waals surface area contributed by atoms with E-state index in [0.717, 1.165) is 6.42 Å². The molecule has 21 heavy (non-hydrogen) atoms. The van der Waals surface area contributed by atoms with Gasteiger partial charge < -0.3 is 10.6 Å². The zero-order valence-electron chi connectivity index (χ0n) is 11.8. The number of benzene rings is 1. The van der Waals surface area contributed by atoms with E-state index in [2.05, 4.69) is 17.6 Å². The predicted molar refractivity (Wildman–Crippen MR) is 88.9 cm³/mol. The van der Waals surface area contributed by atoms with E-state index in [-0.39, 0.29) is 5.69 Å². The summed E-state index contributed by atoms with van der Waals surface area (Å²) in [6, 6.07) is 4.60. The lowest BCUT2D eigenvalue weighted by Gasteiger charge is -2.30. The molecule has 0 radical (unpaired) electrons. The van der Waals surface area contributed by atoms with Gasteiger partial charge in [0.05, 0.1) is 15.6 Å². The minimum absolute atomic E-state index is 0.0178. The lowest BCUT2D eigenvalue weighted by atomic mass is 9.86. The number of non-ortho nitro benzene ring substituents is 1. The first-order valence-electron chi connectivity index (χ1n) is 6.99. The van der Waals surface area contributed by atoms with Gasteiger partial charge in [-0.25, -0.2) is 0 Å². The van der Waals surface area contributed by atoms with Gasteiger partial charge >= 0.3 is 0 Å². The molecule has 2 N–H and O–H groups in total. The van der Waals surface area contributed by atoms with Crippen LogP contribution in [0, 0.1) is 16.0 Å². The molecule has 5 nitrogen and oxygen atoms in total. The normalized spacial score (nSPS) is 21.6. The van der Waals surface area contributed by atoms with E-state index in [9.17, 15) is 10.1 Å². The molecule has 0 unspecified atom stereocenters. The van der Waals surface area contributed by atoms with Crippen LogP contribution in [0.15, 0.2) is 18.2 Å². The van der Waals surface area contributed by atoms with Gasteiger partial charge in [0.2, 0.25) is 0 Å². The van der Waals surface area contributed by atoms with Crippen LogP contribution < -0.4 is 10.6 Å². The molecule has 0 spiro atoms. The van der Waals surface area contributed by atoms with Gasteiger partial charge in [0.25, 0.3) is 5.69 Å². The third kappa shape index (κ3) is 4.28. The molecule has 0 aromatic heterocycles. The van der Waals surface area contributed by atoms with Gasteiger partial charge in [0, 0.05) is 18.2 Å². The van der Waals surface area contributed by atoms with Crippen LogP contribution in [0.4, 0.5) is 11.4 Å². The van der Waals surface area contributed by atoms with E-state index in [1.807, 2.05) is 0 Å². The van der Waals surface area contributed by atoms with Gasteiger partial charge in [-0.1, -0.05) is 31.4 Å². The number of nitro groups is 1. The average Bonchev–Trinajstić information content (AvgIpc) is 2.43. The predicted octanol–water partition coefficient (Wildman–Crippen LogP) is 4.11. The molecule has 0 saturated heterocycles. The van der Waals surface area contributed by atoms with Crippen molar-refractivity contribution < 1.29 is 4.92 Å². The summed E-state index contributed by atoms with van der Waals surface area (Å²) < 4.78 is 0. The quantitative estimate of drug-likeness (QED) is 0.496. The van der Waals surface area contributed by atoms with Gasteiger partial charge in [0.1, 0.15) is 0 Å². The van der Waals surface area contributed by atoms with Gasteiger partial charge in [0.15, 0.2) is 5.11 Å². The topological polar surface area (TPSA) is 67.2 Å². The number of hydrogen-bond donors (Lipinski definition) is 2. The second kappa shape index (κ2) is 7.04. The molecular weight excluding hydrogens is 310 g/mol. The molecule has 0 bridgehead atoms. The molecule has 1 aliphatic carbocycles. The maximum Gasteiger partial charge on any atom is 0.271 e. The Kier molecular flexibility index (Phi) is 5.36. The van der Waals surface area contributed by atoms with Crippen LogP contribution in [0.25, 0.3) is 0 Å². The Bertz CT molecular complexity index is 553. The molecule has 1 fully saturated rings. The highest BCUT2D eigenvalue weighted by Gasteiger charge is 2.22. The van der Waals surface area contributed by atoms with Crippen LogP contribution in [-0.4, -0.2) is 16.1 Å². The van der Waals surface area contributed by atoms with E-state index in [4.69, 9.17) is 23.8 Å². The van der Waals surface area contributed by atoms with Gasteiger partial charge in [-0.05, 0) is 37.0 Å². The van der Waals surface area contributed by atoms with Crippen molar-refractivity contribution in [2.24, 2.45) is 5.92 Å². The van der Waals surface area contributed by atoms with Crippen LogP contribution in [0.2, 0.25) is 5.02 Å². The number of thiocarbonyl (C=S) groups is 1. The van der Waals surface area contributed by atoms with Crippen molar-refractivity contribution in [1.29, 1.82) is 0 Å². The molecule has 114 valence electrons. The highest BCUT2D eigenvalue weighted by Crippen LogP contribution is 2.27. The lowest BCUT2D eigenvalue weighted by Crippen LogP contribution is -2.43. The van der Waals surface area contributed by atoms with Crippen molar-refractivity contribution in [3.63, 3.8) is 0 Å². The van der Waals surface area contributed by atoms with Crippen molar-refractivity contribution in [2.75, 3.05) is 5.32 Å². The largest absolute Gasteiger partial charge is 0.359 e. The highest BCUT2D eigenvalue weighted by atomic mass is 35.5. The first-order valence-corrected chi connectivity index (χ1v) is 7.77. The first kappa shape index (κ1) is 16.0. The van der Waals surface area contributed by atoms with E-state index in [0.29, 0.717) is 27.8 Å². The SMILES string of the molecule is C[C@@H]1CCCC[C@@H]1NC(=S)Nc1cc([N+](=O)[O-])ccc1Cl. The molecule has 0 amide bonds. The Morgan fingerprint density at radius 3 is 2.81 bits per heavy atom. The van der Waals surface area contributed by atoms with Crippen molar-refractivity contribution in [3.8, 4) is 0 Å². The van der Waals surface area contributed by atoms with Crippen LogP contribution in [0.5, 0.6) is 0 Å². The number of anilines is 1. The maximum absolute atomic E-state index is 10.8. The summed E-state index contributed by atoms with van der Waals surface area (Å²) in [5.41, 5.74) is 0.433. The third-order valence-electron chi connectivity index (χ3n) is 3.84. The summed E-state index contributed by atoms with van der Waals surface area (Å²) >= 11 is 11.3. The van der Waals surface area contributed by atoms with Crippen molar-refractivity contribution in [1.82, 2.24) is 5.32 Å². The molecule has 2 rings (SSSR count). The van der Waals surface area contributed by atoms with E-state index in [1.54, 1.807) is 0 Å². The lowest BCUT2D eigenvalue weighted by molar-refractivity contribution is -0.384. The van der Waals surface area contributed by atoms with E-state index < -0.39 is 4.92 Å². The number of rotatable bonds is 3. The molecule has 1 aliphatic rings. The molecule has 7 heteroatoms. The highest BCUT2D eigenvalue weighted by molar-refractivity contribution is 7.80. The Balaban J connectivity index is 2.02. The second-order valence-corrected chi connectivity index (χ2v) is 6.20. The number of nitrogens with one attached hydrogen (secondary N) is 2. The summed E-state index contributed by atoms with van der Waals surface area (Å²) in [5.74, 6) is 0.569. The fraction of sp³-hybridized carbons (Fsp3) is 0.500. The molecule has 0 aliphatic heterocycles. The molecular formula is C14H18ClN3O2S. The Labute approximate surface area is 134 Å². The van der Waals surface area contributed by atoms with Crippen molar-refractivity contribution in [2.45, 2.75) is 38.6 Å². The van der Waals surface area contributed by atoms with Crippen LogP contribution in [-0.2, 0) is 0 Å². The monoisotopic (exact) mass is 327 g/mol. The zero-order chi connectivity index (χ0) is 15.4. The fourth-order valence-electron chi connectivity index (χ4n) is 2.58. The van der Waals surface area contributed by atoms with Gasteiger partial charge in [-0.2, -0.15) is 0 Å². The number of nitrogens with zero attached hydrogens (tertiary/aromatic N) is 1. The Morgan fingerprint density at radius 1 is 1.43 bits per heavy atom. The van der Waals surface area contributed by atoms with Gasteiger partial charge in [-0.15, -0.1) is 0 Å². The van der Waals surface area contributed by atoms with E-state index in [1.165, 1.54) is 37.5 Å². The first-order chi connectivity index (χ1) is 9.97. The smallest absolute Gasteiger partial charge is 0.271 e. The standard InChI is InChI=1S/C14H18ClN3O2S/c1-9-4-2-3-5-12(9)16-14(21)17-13-8-10(18(19)20)6-7-11(13)15/h6-9,12H,2-5H2,1H3,(H2,16,17,21)/t9-,12+/m1/s1. The summed E-state index contributed by atoms with van der Waals surface area (Å²) in [6.45, 7) is 2.21. The summed E-state index contributed by atoms with van der Waals surface area (Å²) in [4.78, 5) is 10.3. The van der Waals surface area contributed by atoms with Crippen molar-refractivity contribution >= 4 is 40.3 Å². The van der Waals surface area contributed by atoms with Crippen LogP contribution >= 0.6 is 23.8 Å². The number of hydrogen-bond acceptors (Lipinski definition) is 3. The van der Waals surface area contributed by atoms with E-state index >= 15 is 0 Å². The third-order valence-corrected chi connectivity index (χ3v) is 4.39. The molecule has 0 heterocycles. The molecule has 1 saturated carbocycles. The fourth-order valence-corrected chi connectivity index (χ4v) is 3.01. The molecule has 1 aromatic rings. The zero-order valence-corrected chi connectivity index (χ0v) is 13.3. The maximum atomic E-state index is 10.8. The Morgan fingerprint density at radius 2 is 2.14 bits per heavy atom. The second-order valence-electron chi connectivity index (χ2n) is 5.39. The minimum Gasteiger partial charge on any atom is -0.359 e. The Hall–Kier alpha value is -1.40. The van der Waals surface area contributed by atoms with Gasteiger partial charge in [-0.3, -0.25) is 10.1 Å². The molecule has 2 atom stereocenters.